The molecule has 5 nitrogen and oxygen atoms in total. The van der Waals surface area contributed by atoms with Crippen molar-refractivity contribution in [2.45, 2.75) is 12.6 Å². The Bertz CT molecular complexity index is 545. The molecule has 3 rings (SSSR count). The number of anilines is 1. The van der Waals surface area contributed by atoms with Crippen LogP contribution in [-0.2, 0) is 17.3 Å². The molecule has 1 fully saturated rings. The van der Waals surface area contributed by atoms with Gasteiger partial charge in [0.25, 0.3) is 0 Å². The first-order chi connectivity index (χ1) is 8.97. The predicted molar refractivity (Wildman–Crippen MR) is 57.1 cm³/mol. The van der Waals surface area contributed by atoms with Gasteiger partial charge >= 0.3 is 12.3 Å². The molecule has 0 N–H and O–H groups in total. The summed E-state index contributed by atoms with van der Waals surface area (Å²) in [4.78, 5) is 16.1. The Morgan fingerprint density at radius 3 is 2.68 bits per heavy atom. The van der Waals surface area contributed by atoms with Crippen molar-refractivity contribution in [3.05, 3.63) is 17.3 Å². The van der Waals surface area contributed by atoms with Crippen LogP contribution in [0.2, 0.25) is 0 Å². The van der Waals surface area contributed by atoms with E-state index in [0.717, 1.165) is 6.07 Å². The molecule has 2 aliphatic heterocycles. The van der Waals surface area contributed by atoms with Crippen molar-refractivity contribution in [3.8, 4) is 5.88 Å². The van der Waals surface area contributed by atoms with Gasteiger partial charge in [-0.25, -0.2) is 9.78 Å². The highest BCUT2D eigenvalue weighted by Crippen LogP contribution is 2.39. The summed E-state index contributed by atoms with van der Waals surface area (Å²) in [7, 11) is 0. The van der Waals surface area contributed by atoms with E-state index in [1.54, 1.807) is 0 Å². The van der Waals surface area contributed by atoms with E-state index in [1.807, 2.05) is 0 Å². The lowest BCUT2D eigenvalue weighted by Gasteiger charge is -2.17. The van der Waals surface area contributed by atoms with Crippen molar-refractivity contribution in [2.75, 3.05) is 24.7 Å². The van der Waals surface area contributed by atoms with Crippen molar-refractivity contribution in [1.29, 1.82) is 0 Å². The molecule has 1 aromatic rings. The van der Waals surface area contributed by atoms with Gasteiger partial charge in [0.1, 0.15) is 6.61 Å². The van der Waals surface area contributed by atoms with Crippen molar-refractivity contribution in [3.63, 3.8) is 0 Å². The number of pyridine rings is 1. The Morgan fingerprint density at radius 2 is 2.05 bits per heavy atom. The van der Waals surface area contributed by atoms with Gasteiger partial charge in [0.05, 0.1) is 18.8 Å². The summed E-state index contributed by atoms with van der Waals surface area (Å²) < 4.78 is 48.1. The number of hydrogen-bond donors (Lipinski definition) is 0. The highest BCUT2D eigenvalue weighted by molar-refractivity contribution is 5.90. The lowest BCUT2D eigenvalue weighted by molar-refractivity contribution is -0.141. The van der Waals surface area contributed by atoms with E-state index in [-0.39, 0.29) is 31.3 Å². The number of cyclic esters (lactones) is 1. The summed E-state index contributed by atoms with van der Waals surface area (Å²) in [6, 6.07) is 0.875. The van der Waals surface area contributed by atoms with Crippen LogP contribution in [0.5, 0.6) is 5.88 Å². The first-order valence-electron chi connectivity index (χ1n) is 5.65. The van der Waals surface area contributed by atoms with E-state index < -0.39 is 18.0 Å². The van der Waals surface area contributed by atoms with Gasteiger partial charge in [-0.1, -0.05) is 0 Å². The van der Waals surface area contributed by atoms with Crippen molar-refractivity contribution >= 4 is 11.8 Å². The van der Waals surface area contributed by atoms with E-state index >= 15 is 0 Å². The monoisotopic (exact) mass is 274 g/mol. The SMILES string of the molecule is O=C1OCCN1c1cc(C(F)(F)F)nc2c1CCO2. The molecular weight excluding hydrogens is 265 g/mol. The maximum absolute atomic E-state index is 12.8. The molecule has 19 heavy (non-hydrogen) atoms. The number of amides is 1. The highest BCUT2D eigenvalue weighted by Gasteiger charge is 2.38. The van der Waals surface area contributed by atoms with Crippen LogP contribution in [0.1, 0.15) is 11.3 Å². The lowest BCUT2D eigenvalue weighted by Crippen LogP contribution is -2.25. The van der Waals surface area contributed by atoms with Crippen LogP contribution >= 0.6 is 0 Å². The number of ether oxygens (including phenoxy) is 2. The van der Waals surface area contributed by atoms with Crippen LogP contribution in [0.25, 0.3) is 0 Å². The molecule has 0 atom stereocenters. The average Bonchev–Trinajstić information content (AvgIpc) is 2.94. The highest BCUT2D eigenvalue weighted by atomic mass is 19.4. The molecule has 102 valence electrons. The summed E-state index contributed by atoms with van der Waals surface area (Å²) in [6.07, 6.45) is -4.80. The second-order valence-corrected chi connectivity index (χ2v) is 4.17. The van der Waals surface area contributed by atoms with Crippen LogP contribution in [-0.4, -0.2) is 30.8 Å². The van der Waals surface area contributed by atoms with Gasteiger partial charge in [0, 0.05) is 12.0 Å². The third-order valence-corrected chi connectivity index (χ3v) is 3.00. The van der Waals surface area contributed by atoms with Crippen LogP contribution < -0.4 is 9.64 Å². The zero-order chi connectivity index (χ0) is 13.6. The normalized spacial score (nSPS) is 18.3. The third kappa shape index (κ3) is 1.96. The molecule has 1 saturated heterocycles. The molecule has 0 radical (unpaired) electrons. The lowest BCUT2D eigenvalue weighted by atomic mass is 10.1. The largest absolute Gasteiger partial charge is 0.477 e. The van der Waals surface area contributed by atoms with E-state index in [2.05, 4.69) is 4.98 Å². The van der Waals surface area contributed by atoms with Gasteiger partial charge in [-0.3, -0.25) is 4.90 Å². The molecule has 0 aliphatic carbocycles. The van der Waals surface area contributed by atoms with E-state index in [4.69, 9.17) is 9.47 Å². The second kappa shape index (κ2) is 4.01. The number of nitrogens with zero attached hydrogens (tertiary/aromatic N) is 2. The minimum atomic E-state index is -4.58. The minimum Gasteiger partial charge on any atom is -0.477 e. The summed E-state index contributed by atoms with van der Waals surface area (Å²) in [5.74, 6) is -0.0514. The summed E-state index contributed by atoms with van der Waals surface area (Å²) in [5.41, 5.74) is -0.368. The van der Waals surface area contributed by atoms with Crippen molar-refractivity contribution in [2.24, 2.45) is 0 Å². The average molecular weight is 274 g/mol. The fourth-order valence-electron chi connectivity index (χ4n) is 2.14. The standard InChI is InChI=1S/C11H9F3N2O3/c12-11(13,14)8-5-7(16-2-4-19-10(16)17)6-1-3-18-9(6)15-8/h5H,1-4H2. The molecule has 1 amide bonds. The first kappa shape index (κ1) is 12.1. The first-order valence-corrected chi connectivity index (χ1v) is 5.65. The molecule has 0 spiro atoms. The molecule has 3 heterocycles. The van der Waals surface area contributed by atoms with Gasteiger partial charge in [-0.2, -0.15) is 13.2 Å². The minimum absolute atomic E-state index is 0.0514. The molecule has 1 aromatic heterocycles. The Kier molecular flexibility index (Phi) is 2.54. The van der Waals surface area contributed by atoms with Crippen LogP contribution in [0.15, 0.2) is 6.07 Å². The molecule has 2 aliphatic rings. The van der Waals surface area contributed by atoms with Gasteiger partial charge in [-0.15, -0.1) is 0 Å². The number of alkyl halides is 3. The Hall–Kier alpha value is -1.99. The Labute approximate surface area is 105 Å². The van der Waals surface area contributed by atoms with E-state index in [9.17, 15) is 18.0 Å². The Morgan fingerprint density at radius 1 is 1.26 bits per heavy atom. The zero-order valence-corrected chi connectivity index (χ0v) is 9.66. The van der Waals surface area contributed by atoms with E-state index in [1.165, 1.54) is 4.90 Å². The van der Waals surface area contributed by atoms with Crippen LogP contribution in [0.3, 0.4) is 0 Å². The Balaban J connectivity index is 2.12. The van der Waals surface area contributed by atoms with E-state index in [0.29, 0.717) is 12.0 Å². The number of carbonyl (C=O) groups is 1. The number of carbonyl (C=O) groups excluding carboxylic acids is 1. The van der Waals surface area contributed by atoms with Gasteiger partial charge in [0.2, 0.25) is 5.88 Å². The maximum Gasteiger partial charge on any atom is 0.433 e. The second-order valence-electron chi connectivity index (χ2n) is 4.17. The number of fused-ring (bicyclic) bond motifs is 1. The van der Waals surface area contributed by atoms with Crippen molar-refractivity contribution in [1.82, 2.24) is 4.98 Å². The quantitative estimate of drug-likeness (QED) is 0.786. The van der Waals surface area contributed by atoms with Gasteiger partial charge in [-0.05, 0) is 6.07 Å². The summed E-state index contributed by atoms with van der Waals surface area (Å²) in [5, 5.41) is 0. The molecule has 0 unspecified atom stereocenters. The van der Waals surface area contributed by atoms with Crippen LogP contribution in [0.4, 0.5) is 23.7 Å². The number of rotatable bonds is 1. The van der Waals surface area contributed by atoms with Gasteiger partial charge < -0.3 is 9.47 Å². The number of hydrogen-bond acceptors (Lipinski definition) is 4. The fraction of sp³-hybridized carbons (Fsp3) is 0.455. The number of aromatic nitrogens is 1. The zero-order valence-electron chi connectivity index (χ0n) is 9.66. The summed E-state index contributed by atoms with van der Waals surface area (Å²) in [6.45, 7) is 0.657. The molecule has 8 heteroatoms. The number of halogens is 3. The third-order valence-electron chi connectivity index (χ3n) is 3.00. The predicted octanol–water partition coefficient (Wildman–Crippen LogP) is 1.99. The van der Waals surface area contributed by atoms with Crippen molar-refractivity contribution < 1.29 is 27.4 Å². The maximum atomic E-state index is 12.8. The molecule has 0 bridgehead atoms. The van der Waals surface area contributed by atoms with Crippen LogP contribution in [0, 0.1) is 0 Å². The fourth-order valence-corrected chi connectivity index (χ4v) is 2.14. The molecular formula is C11H9F3N2O3. The smallest absolute Gasteiger partial charge is 0.433 e. The molecule has 0 aromatic carbocycles. The van der Waals surface area contributed by atoms with Gasteiger partial charge in [0.15, 0.2) is 5.69 Å². The topological polar surface area (TPSA) is 51.7 Å². The summed E-state index contributed by atoms with van der Waals surface area (Å²) >= 11 is 0. The molecule has 0 saturated carbocycles.